The highest BCUT2D eigenvalue weighted by atomic mass is 32.1. The van der Waals surface area contributed by atoms with Crippen molar-refractivity contribution < 1.29 is 19.0 Å². The molecule has 0 saturated heterocycles. The molecule has 3 rings (SSSR count). The van der Waals surface area contributed by atoms with Gasteiger partial charge < -0.3 is 19.1 Å². The van der Waals surface area contributed by atoms with Gasteiger partial charge in [-0.3, -0.25) is 4.79 Å². The highest BCUT2D eigenvalue weighted by molar-refractivity contribution is 7.09. The molecule has 156 valence electrons. The Balaban J connectivity index is 1.90. The van der Waals surface area contributed by atoms with Gasteiger partial charge in [0, 0.05) is 16.0 Å². The van der Waals surface area contributed by atoms with E-state index in [-0.39, 0.29) is 5.91 Å². The van der Waals surface area contributed by atoms with Gasteiger partial charge in [0.05, 0.1) is 27.3 Å². The van der Waals surface area contributed by atoms with Gasteiger partial charge in [-0.1, -0.05) is 36.9 Å². The van der Waals surface area contributed by atoms with E-state index in [2.05, 4.69) is 6.58 Å². The summed E-state index contributed by atoms with van der Waals surface area (Å²) in [6.07, 6.45) is 1.66. The van der Waals surface area contributed by atoms with E-state index in [1.165, 1.54) is 0 Å². The van der Waals surface area contributed by atoms with Gasteiger partial charge in [-0.15, -0.1) is 11.3 Å². The van der Waals surface area contributed by atoms with Crippen LogP contribution in [0.1, 0.15) is 20.8 Å². The number of methoxy groups -OCH3 is 2. The number of carbonyl (C=O) groups excluding carboxylic acids is 1. The van der Waals surface area contributed by atoms with E-state index in [0.717, 1.165) is 16.2 Å². The Kier molecular flexibility index (Phi) is 7.51. The summed E-state index contributed by atoms with van der Waals surface area (Å²) in [7, 11) is 3.19. The topological polar surface area (TPSA) is 48.0 Å². The summed E-state index contributed by atoms with van der Waals surface area (Å²) < 4.78 is 16.5. The zero-order chi connectivity index (χ0) is 21.3. The number of nitrogens with zero attached hydrogens (tertiary/aromatic N) is 1. The van der Waals surface area contributed by atoms with Crippen LogP contribution in [-0.4, -0.2) is 31.6 Å². The normalized spacial score (nSPS) is 10.3. The summed E-state index contributed by atoms with van der Waals surface area (Å²) in [5, 5.41) is 2.01. The molecule has 6 heteroatoms. The minimum absolute atomic E-state index is 0.0946. The molecule has 30 heavy (non-hydrogen) atoms. The minimum Gasteiger partial charge on any atom is -0.496 e. The number of hydrogen-bond acceptors (Lipinski definition) is 5. The lowest BCUT2D eigenvalue weighted by molar-refractivity contribution is 0.0730. The molecule has 0 aliphatic heterocycles. The quantitative estimate of drug-likeness (QED) is 0.422. The lowest BCUT2D eigenvalue weighted by Gasteiger charge is -2.24. The first-order valence-electron chi connectivity index (χ1n) is 9.51. The van der Waals surface area contributed by atoms with E-state index in [4.69, 9.17) is 14.2 Å². The van der Waals surface area contributed by atoms with Gasteiger partial charge in [0.25, 0.3) is 5.91 Å². The fourth-order valence-corrected chi connectivity index (χ4v) is 3.80. The fraction of sp³-hybridized carbons (Fsp3) is 0.208. The zero-order valence-corrected chi connectivity index (χ0v) is 18.0. The molecule has 0 aliphatic carbocycles. The van der Waals surface area contributed by atoms with Crippen LogP contribution in [0.2, 0.25) is 0 Å². The monoisotopic (exact) mass is 423 g/mol. The Bertz CT molecular complexity index is 985. The second kappa shape index (κ2) is 10.5. The van der Waals surface area contributed by atoms with Crippen LogP contribution in [0.4, 0.5) is 0 Å². The molecule has 0 atom stereocenters. The second-order valence-electron chi connectivity index (χ2n) is 6.52. The molecular weight excluding hydrogens is 398 g/mol. The SMILES string of the molecule is C=CCOc1ccc(C(=O)N(Cc2cccs2)Cc2ccccc2OC)cc1OC. The second-order valence-corrected chi connectivity index (χ2v) is 7.55. The van der Waals surface area contributed by atoms with E-state index in [1.54, 1.807) is 49.8 Å². The Morgan fingerprint density at radius 1 is 1.00 bits per heavy atom. The van der Waals surface area contributed by atoms with E-state index in [0.29, 0.717) is 36.8 Å². The summed E-state index contributed by atoms with van der Waals surface area (Å²) in [6.45, 7) is 4.95. The van der Waals surface area contributed by atoms with Crippen LogP contribution in [-0.2, 0) is 13.1 Å². The van der Waals surface area contributed by atoms with Crippen molar-refractivity contribution in [3.63, 3.8) is 0 Å². The molecule has 0 spiro atoms. The average Bonchev–Trinajstić information content (AvgIpc) is 3.30. The number of hydrogen-bond donors (Lipinski definition) is 0. The molecule has 5 nitrogen and oxygen atoms in total. The largest absolute Gasteiger partial charge is 0.496 e. The van der Waals surface area contributed by atoms with Gasteiger partial charge in [0.1, 0.15) is 12.4 Å². The third-order valence-electron chi connectivity index (χ3n) is 4.54. The molecule has 0 N–H and O–H groups in total. The van der Waals surface area contributed by atoms with Gasteiger partial charge in [-0.2, -0.15) is 0 Å². The van der Waals surface area contributed by atoms with Gasteiger partial charge in [-0.25, -0.2) is 0 Å². The van der Waals surface area contributed by atoms with Crippen molar-refractivity contribution >= 4 is 17.2 Å². The number of carbonyl (C=O) groups is 1. The molecule has 3 aromatic rings. The molecule has 0 radical (unpaired) electrons. The molecule has 0 aliphatic rings. The van der Waals surface area contributed by atoms with Crippen molar-refractivity contribution in [2.45, 2.75) is 13.1 Å². The van der Waals surface area contributed by atoms with Crippen molar-refractivity contribution in [3.8, 4) is 17.2 Å². The maximum absolute atomic E-state index is 13.4. The van der Waals surface area contributed by atoms with Crippen LogP contribution in [0.5, 0.6) is 17.2 Å². The lowest BCUT2D eigenvalue weighted by Crippen LogP contribution is -2.30. The van der Waals surface area contributed by atoms with Crippen LogP contribution in [0, 0.1) is 0 Å². The van der Waals surface area contributed by atoms with Crippen molar-refractivity contribution in [1.82, 2.24) is 4.90 Å². The molecule has 0 fully saturated rings. The van der Waals surface area contributed by atoms with Crippen LogP contribution >= 0.6 is 11.3 Å². The smallest absolute Gasteiger partial charge is 0.254 e. The summed E-state index contributed by atoms with van der Waals surface area (Å²) >= 11 is 1.62. The van der Waals surface area contributed by atoms with Crippen molar-refractivity contribution in [2.75, 3.05) is 20.8 Å². The molecule has 1 aromatic heterocycles. The Labute approximate surface area is 181 Å². The van der Waals surface area contributed by atoms with Crippen molar-refractivity contribution in [1.29, 1.82) is 0 Å². The molecular formula is C24H25NO4S. The Hall–Kier alpha value is -3.25. The van der Waals surface area contributed by atoms with Gasteiger partial charge >= 0.3 is 0 Å². The fourth-order valence-electron chi connectivity index (χ4n) is 3.08. The number of rotatable bonds is 10. The predicted molar refractivity (Wildman–Crippen MR) is 120 cm³/mol. The van der Waals surface area contributed by atoms with Crippen molar-refractivity contribution in [2.24, 2.45) is 0 Å². The summed E-state index contributed by atoms with van der Waals surface area (Å²) in [4.78, 5) is 16.4. The summed E-state index contributed by atoms with van der Waals surface area (Å²) in [5.41, 5.74) is 1.48. The number of para-hydroxylation sites is 1. The first-order valence-corrected chi connectivity index (χ1v) is 10.4. The highest BCUT2D eigenvalue weighted by Gasteiger charge is 2.20. The molecule has 0 unspecified atom stereocenters. The molecule has 1 amide bonds. The van der Waals surface area contributed by atoms with Crippen molar-refractivity contribution in [3.05, 3.63) is 88.6 Å². The maximum Gasteiger partial charge on any atom is 0.254 e. The van der Waals surface area contributed by atoms with Crippen LogP contribution < -0.4 is 14.2 Å². The number of ether oxygens (including phenoxy) is 3. The number of thiophene rings is 1. The van der Waals surface area contributed by atoms with Crippen LogP contribution in [0.3, 0.4) is 0 Å². The van der Waals surface area contributed by atoms with Crippen LogP contribution in [0.25, 0.3) is 0 Å². The third-order valence-corrected chi connectivity index (χ3v) is 5.40. The first-order chi connectivity index (χ1) is 14.7. The predicted octanol–water partition coefficient (Wildman–Crippen LogP) is 5.17. The maximum atomic E-state index is 13.4. The first kappa shape index (κ1) is 21.5. The van der Waals surface area contributed by atoms with E-state index in [1.807, 2.05) is 46.7 Å². The lowest BCUT2D eigenvalue weighted by atomic mass is 10.1. The van der Waals surface area contributed by atoms with Gasteiger partial charge in [-0.05, 0) is 35.7 Å². The van der Waals surface area contributed by atoms with Gasteiger partial charge in [0.15, 0.2) is 11.5 Å². The van der Waals surface area contributed by atoms with Gasteiger partial charge in [0.2, 0.25) is 0 Å². The number of benzene rings is 2. The summed E-state index contributed by atoms with van der Waals surface area (Å²) in [5.74, 6) is 1.75. The number of amides is 1. The third kappa shape index (κ3) is 5.21. The Morgan fingerprint density at radius 2 is 1.80 bits per heavy atom. The molecule has 0 saturated carbocycles. The van der Waals surface area contributed by atoms with E-state index < -0.39 is 0 Å². The minimum atomic E-state index is -0.0946. The van der Waals surface area contributed by atoms with Crippen LogP contribution in [0.15, 0.2) is 72.6 Å². The highest BCUT2D eigenvalue weighted by Crippen LogP contribution is 2.30. The van der Waals surface area contributed by atoms with E-state index >= 15 is 0 Å². The molecule has 1 heterocycles. The standard InChI is InChI=1S/C24H25NO4S/c1-4-13-29-22-12-11-18(15-23(22)28-3)24(26)25(17-20-9-7-14-30-20)16-19-8-5-6-10-21(19)27-2/h4-12,14-15H,1,13,16-17H2,2-3H3. The zero-order valence-electron chi connectivity index (χ0n) is 17.2. The Morgan fingerprint density at radius 3 is 2.50 bits per heavy atom. The average molecular weight is 424 g/mol. The van der Waals surface area contributed by atoms with E-state index in [9.17, 15) is 4.79 Å². The molecule has 0 bridgehead atoms. The summed E-state index contributed by atoms with van der Waals surface area (Å²) in [6, 6.07) is 17.0. The molecule has 2 aromatic carbocycles.